The Kier molecular flexibility index (Phi) is 2.95. The lowest BCUT2D eigenvalue weighted by Crippen LogP contribution is -2.69. The molecular formula is C5H14N2O4. The molecule has 0 rings (SSSR count). The van der Waals surface area contributed by atoms with Crippen LogP contribution in [0, 0.1) is 0 Å². The molecule has 0 aromatic carbocycles. The van der Waals surface area contributed by atoms with E-state index in [1.165, 1.54) is 0 Å². The van der Waals surface area contributed by atoms with Crippen molar-refractivity contribution in [1.29, 1.82) is 0 Å². The Morgan fingerprint density at radius 3 is 1.64 bits per heavy atom. The normalized spacial score (nSPS) is 14.2. The summed E-state index contributed by atoms with van der Waals surface area (Å²) in [5, 5.41) is 36.9. The average molecular weight is 166 g/mol. The molecule has 0 unspecified atom stereocenters. The van der Waals surface area contributed by atoms with Crippen molar-refractivity contribution in [1.82, 2.24) is 5.32 Å². The van der Waals surface area contributed by atoms with Gasteiger partial charge in [0.15, 0.2) is 0 Å². The molecule has 0 saturated heterocycles. The molecule has 7 N–H and O–H groups in total. The SMILES string of the molecule is CC(C)NC(O)(O)C(N)(O)O. The second-order valence-electron chi connectivity index (χ2n) is 2.70. The Morgan fingerprint density at radius 1 is 1.18 bits per heavy atom. The van der Waals surface area contributed by atoms with E-state index >= 15 is 0 Å². The highest BCUT2D eigenvalue weighted by molar-refractivity contribution is 4.75. The fourth-order valence-electron chi connectivity index (χ4n) is 0.509. The van der Waals surface area contributed by atoms with Gasteiger partial charge in [0.2, 0.25) is 0 Å². The minimum Gasteiger partial charge on any atom is -0.348 e. The van der Waals surface area contributed by atoms with Crippen molar-refractivity contribution in [3.63, 3.8) is 0 Å². The molecule has 0 aromatic rings. The van der Waals surface area contributed by atoms with Gasteiger partial charge in [-0.3, -0.25) is 11.1 Å². The van der Waals surface area contributed by atoms with Gasteiger partial charge in [-0.15, -0.1) is 0 Å². The van der Waals surface area contributed by atoms with Gasteiger partial charge >= 0.3 is 0 Å². The predicted molar refractivity (Wildman–Crippen MR) is 36.8 cm³/mol. The summed E-state index contributed by atoms with van der Waals surface area (Å²) in [7, 11) is 0. The summed E-state index contributed by atoms with van der Waals surface area (Å²) in [4.78, 5) is 0. The van der Waals surface area contributed by atoms with Crippen LogP contribution in [0.2, 0.25) is 0 Å². The van der Waals surface area contributed by atoms with Gasteiger partial charge in [0.1, 0.15) is 0 Å². The molecular weight excluding hydrogens is 152 g/mol. The summed E-state index contributed by atoms with van der Waals surface area (Å²) < 4.78 is 0. The molecule has 6 heteroatoms. The first-order valence-corrected chi connectivity index (χ1v) is 3.13. The zero-order valence-corrected chi connectivity index (χ0v) is 6.44. The van der Waals surface area contributed by atoms with Gasteiger partial charge in [0, 0.05) is 6.04 Å². The minimum absolute atomic E-state index is 0.341. The average Bonchev–Trinajstić information content (AvgIpc) is 1.56. The van der Waals surface area contributed by atoms with E-state index in [1.807, 2.05) is 5.32 Å². The van der Waals surface area contributed by atoms with Crippen molar-refractivity contribution in [3.8, 4) is 0 Å². The maximum Gasteiger partial charge on any atom is 0.295 e. The van der Waals surface area contributed by atoms with Crippen molar-refractivity contribution >= 4 is 0 Å². The highest BCUT2D eigenvalue weighted by Gasteiger charge is 2.44. The molecule has 0 fully saturated rings. The van der Waals surface area contributed by atoms with E-state index in [0.717, 1.165) is 0 Å². The van der Waals surface area contributed by atoms with E-state index in [9.17, 15) is 0 Å². The molecule has 6 nitrogen and oxygen atoms in total. The van der Waals surface area contributed by atoms with E-state index in [-0.39, 0.29) is 6.04 Å². The highest BCUT2D eigenvalue weighted by atomic mass is 16.6. The van der Waals surface area contributed by atoms with E-state index < -0.39 is 11.8 Å². The fraction of sp³-hybridized carbons (Fsp3) is 1.00. The van der Waals surface area contributed by atoms with Crippen LogP contribution in [0.3, 0.4) is 0 Å². The summed E-state index contributed by atoms with van der Waals surface area (Å²) in [6.07, 6.45) is 0. The first kappa shape index (κ1) is 10.8. The second-order valence-corrected chi connectivity index (χ2v) is 2.70. The second kappa shape index (κ2) is 3.02. The Labute approximate surface area is 64.3 Å². The zero-order valence-electron chi connectivity index (χ0n) is 6.44. The van der Waals surface area contributed by atoms with Crippen LogP contribution in [0.4, 0.5) is 0 Å². The van der Waals surface area contributed by atoms with Crippen molar-refractivity contribution < 1.29 is 20.4 Å². The third kappa shape index (κ3) is 3.10. The summed E-state index contributed by atoms with van der Waals surface area (Å²) in [5.41, 5.74) is 4.61. The van der Waals surface area contributed by atoms with Gasteiger partial charge in [0.05, 0.1) is 0 Å². The molecule has 0 radical (unpaired) electrons. The molecule has 0 spiro atoms. The first-order valence-electron chi connectivity index (χ1n) is 3.13. The van der Waals surface area contributed by atoms with Crippen molar-refractivity contribution in [2.45, 2.75) is 31.7 Å². The Balaban J connectivity index is 4.22. The van der Waals surface area contributed by atoms with Crippen LogP contribution >= 0.6 is 0 Å². The monoisotopic (exact) mass is 166 g/mol. The first-order chi connectivity index (χ1) is 4.67. The quantitative estimate of drug-likeness (QED) is 0.252. The third-order valence-corrected chi connectivity index (χ3v) is 1.00. The van der Waals surface area contributed by atoms with Crippen LogP contribution in [0.1, 0.15) is 13.8 Å². The summed E-state index contributed by atoms with van der Waals surface area (Å²) in [6, 6.07) is -0.341. The largest absolute Gasteiger partial charge is 0.348 e. The molecule has 0 heterocycles. The Hall–Kier alpha value is -0.240. The zero-order chi connectivity index (χ0) is 9.28. The van der Waals surface area contributed by atoms with Crippen molar-refractivity contribution in [2.24, 2.45) is 5.73 Å². The Morgan fingerprint density at radius 2 is 1.55 bits per heavy atom. The van der Waals surface area contributed by atoms with Gasteiger partial charge < -0.3 is 20.4 Å². The third-order valence-electron chi connectivity index (χ3n) is 1.00. The van der Waals surface area contributed by atoms with E-state index in [4.69, 9.17) is 20.4 Å². The lowest BCUT2D eigenvalue weighted by molar-refractivity contribution is -0.369. The van der Waals surface area contributed by atoms with Gasteiger partial charge in [-0.1, -0.05) is 0 Å². The molecule has 0 aliphatic carbocycles. The number of hydrogen-bond acceptors (Lipinski definition) is 6. The van der Waals surface area contributed by atoms with Gasteiger partial charge in [0.25, 0.3) is 11.8 Å². The van der Waals surface area contributed by atoms with Crippen LogP contribution < -0.4 is 11.1 Å². The molecule has 0 saturated carbocycles. The molecule has 0 amide bonds. The standard InChI is InChI=1S/C5H14N2O4/c1-3(2)7-5(10,11)4(6,8)9/h3,7-11H,6H2,1-2H3. The molecule has 0 atom stereocenters. The summed E-state index contributed by atoms with van der Waals surface area (Å²) >= 11 is 0. The van der Waals surface area contributed by atoms with Gasteiger partial charge in [-0.05, 0) is 13.8 Å². The number of rotatable bonds is 3. The minimum atomic E-state index is -3.07. The van der Waals surface area contributed by atoms with Crippen molar-refractivity contribution in [2.75, 3.05) is 0 Å². The van der Waals surface area contributed by atoms with Crippen molar-refractivity contribution in [3.05, 3.63) is 0 Å². The topological polar surface area (TPSA) is 119 Å². The van der Waals surface area contributed by atoms with E-state index in [1.54, 1.807) is 13.8 Å². The lowest BCUT2D eigenvalue weighted by atomic mass is 10.3. The maximum absolute atomic E-state index is 8.84. The number of aliphatic hydroxyl groups is 4. The fourth-order valence-corrected chi connectivity index (χ4v) is 0.509. The molecule has 11 heavy (non-hydrogen) atoms. The van der Waals surface area contributed by atoms with Crippen LogP contribution in [0.25, 0.3) is 0 Å². The lowest BCUT2D eigenvalue weighted by Gasteiger charge is -2.33. The molecule has 0 bridgehead atoms. The number of hydrogen-bond donors (Lipinski definition) is 6. The van der Waals surface area contributed by atoms with Crippen LogP contribution in [-0.2, 0) is 0 Å². The van der Waals surface area contributed by atoms with Crippen LogP contribution in [0.15, 0.2) is 0 Å². The highest BCUT2D eigenvalue weighted by Crippen LogP contribution is 2.07. The van der Waals surface area contributed by atoms with Crippen LogP contribution in [0.5, 0.6) is 0 Å². The predicted octanol–water partition coefficient (Wildman–Crippen LogP) is -2.78. The molecule has 0 aliphatic heterocycles. The smallest absolute Gasteiger partial charge is 0.295 e. The summed E-state index contributed by atoms with van der Waals surface area (Å²) in [5.74, 6) is -5.97. The Bertz CT molecular complexity index is 129. The van der Waals surface area contributed by atoms with E-state index in [2.05, 4.69) is 5.73 Å². The van der Waals surface area contributed by atoms with Crippen LogP contribution in [-0.4, -0.2) is 38.3 Å². The molecule has 68 valence electrons. The number of nitrogens with one attached hydrogen (secondary N) is 1. The maximum atomic E-state index is 8.84. The van der Waals surface area contributed by atoms with E-state index in [0.29, 0.717) is 0 Å². The van der Waals surface area contributed by atoms with Gasteiger partial charge in [-0.25, -0.2) is 0 Å². The molecule has 0 aromatic heterocycles. The molecule has 0 aliphatic rings. The summed E-state index contributed by atoms with van der Waals surface area (Å²) in [6.45, 7) is 3.18. The number of nitrogens with two attached hydrogens (primary N) is 1. The van der Waals surface area contributed by atoms with Gasteiger partial charge in [-0.2, -0.15) is 0 Å².